The topological polar surface area (TPSA) is 6.48 Å². The Labute approximate surface area is 172 Å². The molecule has 2 nitrogen and oxygen atoms in total. The van der Waals surface area contributed by atoms with Crippen molar-refractivity contribution >= 4 is 0 Å². The van der Waals surface area contributed by atoms with Gasteiger partial charge in [0, 0.05) is 0 Å². The van der Waals surface area contributed by atoms with Crippen molar-refractivity contribution in [1.29, 1.82) is 0 Å². The molecule has 0 radical (unpaired) electrons. The van der Waals surface area contributed by atoms with Crippen molar-refractivity contribution in [3.8, 4) is 0 Å². The van der Waals surface area contributed by atoms with Gasteiger partial charge in [-0.3, -0.25) is 9.80 Å². The minimum absolute atomic E-state index is 0.499. The number of allylic oxidation sites excluding steroid dienone is 1. The lowest BCUT2D eigenvalue weighted by Gasteiger charge is -2.38. The number of hydrogen-bond donors (Lipinski definition) is 0. The zero-order valence-electron chi connectivity index (χ0n) is 19.6. The van der Waals surface area contributed by atoms with Gasteiger partial charge in [-0.1, -0.05) is 91.7 Å². The average molecular weight is 381 g/mol. The predicted molar refractivity (Wildman–Crippen MR) is 124 cm³/mol. The molecule has 0 aliphatic carbocycles. The second kappa shape index (κ2) is 20.4. The molecule has 0 saturated carbocycles. The van der Waals surface area contributed by atoms with Gasteiger partial charge in [-0.25, -0.2) is 0 Å². The maximum absolute atomic E-state index is 2.70. The van der Waals surface area contributed by atoms with Crippen LogP contribution in [0.15, 0.2) is 12.2 Å². The summed E-state index contributed by atoms with van der Waals surface area (Å²) in [4.78, 5) is 5.41. The second-order valence-electron chi connectivity index (χ2n) is 8.18. The third-order valence-electron chi connectivity index (χ3n) is 5.32. The quantitative estimate of drug-likeness (QED) is 0.122. The standard InChI is InChI=1S/C25H52N2/c1-6-11-12-13-14-15-16-17-18-19-20-25(26(21-7-2)22-8-3)27(23-9-4)24-10-5/h19-20,25H,6-18,21-24H2,1-5H3. The van der Waals surface area contributed by atoms with Gasteiger partial charge in [-0.2, -0.15) is 0 Å². The Kier molecular flexibility index (Phi) is 20.1. The van der Waals surface area contributed by atoms with Gasteiger partial charge >= 0.3 is 0 Å². The van der Waals surface area contributed by atoms with Crippen molar-refractivity contribution in [2.24, 2.45) is 0 Å². The summed E-state index contributed by atoms with van der Waals surface area (Å²) in [6.45, 7) is 16.4. The van der Waals surface area contributed by atoms with Gasteiger partial charge in [0.25, 0.3) is 0 Å². The Hall–Kier alpha value is -0.340. The summed E-state index contributed by atoms with van der Waals surface area (Å²) >= 11 is 0. The molecule has 0 saturated heterocycles. The summed E-state index contributed by atoms with van der Waals surface area (Å²) < 4.78 is 0. The Balaban J connectivity index is 4.48. The van der Waals surface area contributed by atoms with Crippen molar-refractivity contribution in [1.82, 2.24) is 9.80 Å². The van der Waals surface area contributed by atoms with Crippen LogP contribution in [0.4, 0.5) is 0 Å². The molecule has 0 aromatic carbocycles. The van der Waals surface area contributed by atoms with E-state index >= 15 is 0 Å². The molecule has 0 fully saturated rings. The monoisotopic (exact) mass is 380 g/mol. The molecule has 0 amide bonds. The fourth-order valence-corrected chi connectivity index (χ4v) is 3.99. The lowest BCUT2D eigenvalue weighted by molar-refractivity contribution is 0.0743. The van der Waals surface area contributed by atoms with Crippen LogP contribution in [-0.2, 0) is 0 Å². The molecule has 162 valence electrons. The van der Waals surface area contributed by atoms with E-state index in [1.165, 1.54) is 110 Å². The highest BCUT2D eigenvalue weighted by Crippen LogP contribution is 2.14. The molecule has 0 aliphatic heterocycles. The number of nitrogens with zero attached hydrogens (tertiary/aromatic N) is 2. The number of unbranched alkanes of at least 4 members (excludes halogenated alkanes) is 8. The Morgan fingerprint density at radius 3 is 1.33 bits per heavy atom. The van der Waals surface area contributed by atoms with Crippen LogP contribution in [0.1, 0.15) is 118 Å². The van der Waals surface area contributed by atoms with Crippen LogP contribution in [0.2, 0.25) is 0 Å². The lowest BCUT2D eigenvalue weighted by atomic mass is 10.1. The number of hydrogen-bond acceptors (Lipinski definition) is 2. The van der Waals surface area contributed by atoms with E-state index in [4.69, 9.17) is 0 Å². The van der Waals surface area contributed by atoms with Crippen molar-refractivity contribution < 1.29 is 0 Å². The lowest BCUT2D eigenvalue weighted by Crippen LogP contribution is -2.48. The third kappa shape index (κ3) is 14.3. The van der Waals surface area contributed by atoms with E-state index in [-0.39, 0.29) is 0 Å². The summed E-state index contributed by atoms with van der Waals surface area (Å²) in [5, 5.41) is 0. The highest BCUT2D eigenvalue weighted by molar-refractivity contribution is 4.94. The first-order chi connectivity index (χ1) is 13.2. The van der Waals surface area contributed by atoms with Crippen molar-refractivity contribution in [2.45, 2.75) is 124 Å². The largest absolute Gasteiger partial charge is 0.285 e. The zero-order chi connectivity index (χ0) is 20.2. The summed E-state index contributed by atoms with van der Waals surface area (Å²) in [5.41, 5.74) is 0. The fraction of sp³-hybridized carbons (Fsp3) is 0.920. The molecular weight excluding hydrogens is 328 g/mol. The van der Waals surface area contributed by atoms with Crippen LogP contribution in [0.5, 0.6) is 0 Å². The van der Waals surface area contributed by atoms with Gasteiger partial charge in [0.1, 0.15) is 0 Å². The van der Waals surface area contributed by atoms with E-state index in [9.17, 15) is 0 Å². The van der Waals surface area contributed by atoms with Crippen LogP contribution < -0.4 is 0 Å². The molecule has 0 unspecified atom stereocenters. The van der Waals surface area contributed by atoms with Crippen LogP contribution in [0.3, 0.4) is 0 Å². The molecule has 0 rings (SSSR count). The number of rotatable bonds is 20. The first-order valence-electron chi connectivity index (χ1n) is 12.4. The van der Waals surface area contributed by atoms with Crippen LogP contribution in [0.25, 0.3) is 0 Å². The van der Waals surface area contributed by atoms with E-state index < -0.39 is 0 Å². The Morgan fingerprint density at radius 1 is 0.519 bits per heavy atom. The van der Waals surface area contributed by atoms with E-state index in [0.29, 0.717) is 6.17 Å². The smallest absolute Gasteiger partial charge is 0.0814 e. The molecule has 2 heteroatoms. The molecule has 0 bridgehead atoms. The maximum Gasteiger partial charge on any atom is 0.0814 e. The van der Waals surface area contributed by atoms with E-state index in [1.807, 2.05) is 0 Å². The third-order valence-corrected chi connectivity index (χ3v) is 5.32. The normalized spacial score (nSPS) is 12.3. The van der Waals surface area contributed by atoms with E-state index in [0.717, 1.165) is 0 Å². The molecule has 0 aromatic rings. The van der Waals surface area contributed by atoms with Crippen molar-refractivity contribution in [3.63, 3.8) is 0 Å². The van der Waals surface area contributed by atoms with Crippen molar-refractivity contribution in [2.75, 3.05) is 26.2 Å². The highest BCUT2D eigenvalue weighted by Gasteiger charge is 2.20. The van der Waals surface area contributed by atoms with Gasteiger partial charge in [0.2, 0.25) is 0 Å². The van der Waals surface area contributed by atoms with E-state index in [1.54, 1.807) is 0 Å². The molecule has 0 heterocycles. The molecule has 0 aromatic heterocycles. The first kappa shape index (κ1) is 26.7. The summed E-state index contributed by atoms with van der Waals surface area (Å²) in [5.74, 6) is 0. The summed E-state index contributed by atoms with van der Waals surface area (Å²) in [6, 6.07) is 0. The Morgan fingerprint density at radius 2 is 0.926 bits per heavy atom. The van der Waals surface area contributed by atoms with Gasteiger partial charge in [-0.15, -0.1) is 0 Å². The van der Waals surface area contributed by atoms with Crippen molar-refractivity contribution in [3.05, 3.63) is 12.2 Å². The highest BCUT2D eigenvalue weighted by atomic mass is 15.3. The van der Waals surface area contributed by atoms with Crippen LogP contribution in [0, 0.1) is 0 Å². The first-order valence-corrected chi connectivity index (χ1v) is 12.4. The molecule has 27 heavy (non-hydrogen) atoms. The van der Waals surface area contributed by atoms with Gasteiger partial charge in [0.05, 0.1) is 6.17 Å². The zero-order valence-corrected chi connectivity index (χ0v) is 19.6. The SMILES string of the molecule is CCCCCCCCCCC=CC(N(CCC)CCC)N(CCC)CCC. The second-order valence-corrected chi connectivity index (χ2v) is 8.18. The molecule has 0 spiro atoms. The van der Waals surface area contributed by atoms with Crippen LogP contribution >= 0.6 is 0 Å². The minimum atomic E-state index is 0.499. The molecule has 0 aliphatic rings. The van der Waals surface area contributed by atoms with Gasteiger partial charge in [0.15, 0.2) is 0 Å². The summed E-state index contributed by atoms with van der Waals surface area (Å²) in [7, 11) is 0. The van der Waals surface area contributed by atoms with E-state index in [2.05, 4.69) is 56.6 Å². The predicted octanol–water partition coefficient (Wildman–Crippen LogP) is 7.64. The molecule has 0 N–H and O–H groups in total. The van der Waals surface area contributed by atoms with Gasteiger partial charge < -0.3 is 0 Å². The summed E-state index contributed by atoms with van der Waals surface area (Å²) in [6.07, 6.45) is 23.0. The van der Waals surface area contributed by atoms with Crippen LogP contribution in [-0.4, -0.2) is 42.1 Å². The average Bonchev–Trinajstić information content (AvgIpc) is 2.66. The molecular formula is C25H52N2. The minimum Gasteiger partial charge on any atom is -0.285 e. The Bertz CT molecular complexity index is 285. The maximum atomic E-state index is 2.70. The fourth-order valence-electron chi connectivity index (χ4n) is 3.99. The molecule has 0 atom stereocenters. The van der Waals surface area contributed by atoms with Gasteiger partial charge in [-0.05, 0) is 64.7 Å².